The molecule has 76 valence electrons. The van der Waals surface area contributed by atoms with Gasteiger partial charge in [0.25, 0.3) is 0 Å². The summed E-state index contributed by atoms with van der Waals surface area (Å²) in [7, 11) is 1.89. The van der Waals surface area contributed by atoms with Crippen molar-refractivity contribution in [2.75, 3.05) is 0 Å². The van der Waals surface area contributed by atoms with Crippen LogP contribution in [0.1, 0.15) is 5.69 Å². The van der Waals surface area contributed by atoms with Crippen LogP contribution >= 0.6 is 0 Å². The first-order chi connectivity index (χ1) is 7.29. The molecule has 2 rings (SSSR count). The summed E-state index contributed by atoms with van der Waals surface area (Å²) in [6.45, 7) is 0. The second-order valence-corrected chi connectivity index (χ2v) is 3.23. The molecule has 4 nitrogen and oxygen atoms in total. The lowest BCUT2D eigenvalue weighted by molar-refractivity contribution is 0.768. The fourth-order valence-electron chi connectivity index (χ4n) is 1.34. The van der Waals surface area contributed by atoms with E-state index in [9.17, 15) is 0 Å². The smallest absolute Gasteiger partial charge is 0.0644 e. The maximum atomic E-state index is 5.28. The summed E-state index contributed by atoms with van der Waals surface area (Å²) in [6, 6.07) is 3.92. The first-order valence-electron chi connectivity index (χ1n) is 4.63. The van der Waals surface area contributed by atoms with E-state index in [1.807, 2.05) is 37.8 Å². The molecule has 0 atom stereocenters. The molecule has 0 unspecified atom stereocenters. The largest absolute Gasteiger partial charge is 0.405 e. The number of rotatable bonds is 2. The van der Waals surface area contributed by atoms with Crippen LogP contribution in [0, 0.1) is 0 Å². The van der Waals surface area contributed by atoms with Gasteiger partial charge in [-0.25, -0.2) is 0 Å². The van der Waals surface area contributed by atoms with Gasteiger partial charge in [0.15, 0.2) is 0 Å². The molecule has 15 heavy (non-hydrogen) atoms. The van der Waals surface area contributed by atoms with Crippen molar-refractivity contribution in [2.45, 2.75) is 0 Å². The van der Waals surface area contributed by atoms with Crippen LogP contribution in [0.25, 0.3) is 17.2 Å². The van der Waals surface area contributed by atoms with Gasteiger partial charge in [-0.3, -0.25) is 9.67 Å². The van der Waals surface area contributed by atoms with E-state index >= 15 is 0 Å². The third kappa shape index (κ3) is 2.04. The van der Waals surface area contributed by atoms with Gasteiger partial charge in [-0.15, -0.1) is 0 Å². The van der Waals surface area contributed by atoms with E-state index in [1.165, 1.54) is 6.20 Å². The molecule has 2 aromatic rings. The van der Waals surface area contributed by atoms with E-state index in [0.29, 0.717) is 0 Å². The molecule has 2 heterocycles. The Kier molecular flexibility index (Phi) is 2.49. The molecule has 0 spiro atoms. The minimum Gasteiger partial charge on any atom is -0.405 e. The fourth-order valence-corrected chi connectivity index (χ4v) is 1.34. The predicted octanol–water partition coefficient (Wildman–Crippen LogP) is 1.41. The second-order valence-electron chi connectivity index (χ2n) is 3.23. The van der Waals surface area contributed by atoms with Crippen molar-refractivity contribution in [1.82, 2.24) is 14.8 Å². The van der Waals surface area contributed by atoms with Crippen LogP contribution in [0.15, 0.2) is 36.9 Å². The molecule has 0 aliphatic rings. The molecule has 0 radical (unpaired) electrons. The topological polar surface area (TPSA) is 56.7 Å². The van der Waals surface area contributed by atoms with Gasteiger partial charge in [0.2, 0.25) is 0 Å². The van der Waals surface area contributed by atoms with E-state index in [0.717, 1.165) is 16.8 Å². The number of pyridine rings is 1. The molecule has 0 aliphatic heterocycles. The Labute approximate surface area is 88.1 Å². The number of aromatic nitrogens is 3. The summed E-state index contributed by atoms with van der Waals surface area (Å²) in [5.74, 6) is 0. The van der Waals surface area contributed by atoms with E-state index in [2.05, 4.69) is 10.1 Å². The van der Waals surface area contributed by atoms with Crippen LogP contribution in [0.2, 0.25) is 0 Å². The predicted molar refractivity (Wildman–Crippen MR) is 59.7 cm³/mol. The van der Waals surface area contributed by atoms with Crippen LogP contribution in [0.3, 0.4) is 0 Å². The molecular formula is C11H12N4. The van der Waals surface area contributed by atoms with E-state index in [-0.39, 0.29) is 0 Å². The first-order valence-corrected chi connectivity index (χ1v) is 4.63. The molecule has 0 saturated heterocycles. The van der Waals surface area contributed by atoms with Crippen LogP contribution in [0.4, 0.5) is 0 Å². The van der Waals surface area contributed by atoms with Crippen LogP contribution in [-0.2, 0) is 7.05 Å². The Morgan fingerprint density at radius 3 is 2.67 bits per heavy atom. The van der Waals surface area contributed by atoms with Crippen molar-refractivity contribution in [2.24, 2.45) is 12.8 Å². The van der Waals surface area contributed by atoms with Gasteiger partial charge >= 0.3 is 0 Å². The molecule has 0 saturated carbocycles. The van der Waals surface area contributed by atoms with Gasteiger partial charge in [-0.1, -0.05) is 6.07 Å². The lowest BCUT2D eigenvalue weighted by Crippen LogP contribution is -1.85. The van der Waals surface area contributed by atoms with Crippen LogP contribution in [0.5, 0.6) is 0 Å². The highest BCUT2D eigenvalue weighted by atomic mass is 15.2. The average molecular weight is 200 g/mol. The fraction of sp³-hybridized carbons (Fsp3) is 0.0909. The maximum Gasteiger partial charge on any atom is 0.0644 e. The summed E-state index contributed by atoms with van der Waals surface area (Å²) in [4.78, 5) is 4.25. The van der Waals surface area contributed by atoms with Crippen LogP contribution < -0.4 is 5.73 Å². The zero-order valence-corrected chi connectivity index (χ0v) is 8.46. The van der Waals surface area contributed by atoms with Gasteiger partial charge in [0.05, 0.1) is 11.9 Å². The summed E-state index contributed by atoms with van der Waals surface area (Å²) in [6.07, 6.45) is 8.82. The zero-order valence-electron chi connectivity index (χ0n) is 8.46. The minimum absolute atomic E-state index is 0.852. The van der Waals surface area contributed by atoms with E-state index in [4.69, 9.17) is 5.73 Å². The Morgan fingerprint density at radius 2 is 2.13 bits per heavy atom. The third-order valence-electron chi connectivity index (χ3n) is 2.09. The molecule has 0 fully saturated rings. The molecule has 0 amide bonds. The number of hydrogen-bond donors (Lipinski definition) is 1. The van der Waals surface area contributed by atoms with Crippen molar-refractivity contribution < 1.29 is 0 Å². The number of nitrogens with two attached hydrogens (primary N) is 1. The van der Waals surface area contributed by atoms with Gasteiger partial charge in [-0.05, 0) is 18.3 Å². The lowest BCUT2D eigenvalue weighted by atomic mass is 10.1. The van der Waals surface area contributed by atoms with Gasteiger partial charge < -0.3 is 5.73 Å². The lowest BCUT2D eigenvalue weighted by Gasteiger charge is -1.96. The molecule has 2 N–H and O–H groups in total. The number of nitrogens with zero attached hydrogens (tertiary/aromatic N) is 3. The molecule has 0 aliphatic carbocycles. The molecule has 2 aromatic heterocycles. The highest BCUT2D eigenvalue weighted by molar-refractivity contribution is 5.61. The molecule has 0 aromatic carbocycles. The Hall–Kier alpha value is -2.10. The summed E-state index contributed by atoms with van der Waals surface area (Å²) < 4.78 is 1.77. The molecule has 4 heteroatoms. The highest BCUT2D eigenvalue weighted by Crippen LogP contribution is 2.17. The van der Waals surface area contributed by atoms with Crippen molar-refractivity contribution in [3.8, 4) is 11.1 Å². The van der Waals surface area contributed by atoms with Crippen LogP contribution in [-0.4, -0.2) is 14.8 Å². The Bertz CT molecular complexity index is 468. The Morgan fingerprint density at radius 1 is 1.27 bits per heavy atom. The average Bonchev–Trinajstić information content (AvgIpc) is 2.67. The molecular weight excluding hydrogens is 188 g/mol. The number of aryl methyl sites for hydroxylation is 1. The monoisotopic (exact) mass is 200 g/mol. The number of hydrogen-bond acceptors (Lipinski definition) is 3. The molecule has 0 bridgehead atoms. The SMILES string of the molecule is Cn1cc(-c2ccc(C=CN)nc2)cn1. The van der Waals surface area contributed by atoms with Gasteiger partial charge in [0.1, 0.15) is 0 Å². The first kappa shape index (κ1) is 9.45. The summed E-state index contributed by atoms with van der Waals surface area (Å²) in [5, 5.41) is 4.11. The Balaban J connectivity index is 2.31. The summed E-state index contributed by atoms with van der Waals surface area (Å²) in [5.41, 5.74) is 8.25. The minimum atomic E-state index is 0.852. The zero-order chi connectivity index (χ0) is 10.7. The van der Waals surface area contributed by atoms with Crippen molar-refractivity contribution >= 4 is 6.08 Å². The van der Waals surface area contributed by atoms with Crippen molar-refractivity contribution in [3.05, 3.63) is 42.6 Å². The quantitative estimate of drug-likeness (QED) is 0.797. The normalized spacial score (nSPS) is 11.0. The highest BCUT2D eigenvalue weighted by Gasteiger charge is 1.99. The van der Waals surface area contributed by atoms with Crippen molar-refractivity contribution in [3.63, 3.8) is 0 Å². The van der Waals surface area contributed by atoms with Crippen molar-refractivity contribution in [1.29, 1.82) is 0 Å². The van der Waals surface area contributed by atoms with Gasteiger partial charge in [0, 0.05) is 30.6 Å². The standard InChI is InChI=1S/C11H12N4/c1-15-8-10(7-14-15)9-2-3-11(4-5-12)13-6-9/h2-8H,12H2,1H3. The van der Waals surface area contributed by atoms with E-state index < -0.39 is 0 Å². The third-order valence-corrected chi connectivity index (χ3v) is 2.09. The van der Waals surface area contributed by atoms with E-state index in [1.54, 1.807) is 10.8 Å². The maximum absolute atomic E-state index is 5.28. The van der Waals surface area contributed by atoms with Gasteiger partial charge in [-0.2, -0.15) is 5.10 Å². The summed E-state index contributed by atoms with van der Waals surface area (Å²) >= 11 is 0. The second kappa shape index (κ2) is 3.96.